The number of aromatic nitrogens is 3. The van der Waals surface area contributed by atoms with Crippen molar-refractivity contribution in [3.05, 3.63) is 11.9 Å². The Kier molecular flexibility index (Phi) is 3.00. The summed E-state index contributed by atoms with van der Waals surface area (Å²) in [5.74, 6) is -1.20. The molecule has 0 bridgehead atoms. The SMILES string of the molecule is CCn1cc(CC(C)C(=O)O)nn1. The summed E-state index contributed by atoms with van der Waals surface area (Å²) >= 11 is 0. The van der Waals surface area contributed by atoms with Gasteiger partial charge in [0.15, 0.2) is 0 Å². The van der Waals surface area contributed by atoms with Gasteiger partial charge in [0, 0.05) is 19.2 Å². The Labute approximate surface area is 76.4 Å². The first kappa shape index (κ1) is 9.70. The molecule has 0 aliphatic rings. The minimum atomic E-state index is -0.800. The molecule has 1 heterocycles. The Balaban J connectivity index is 2.58. The standard InChI is InChI=1S/C8H13N3O2/c1-3-11-5-7(9-10-11)4-6(2)8(12)13/h5-6H,3-4H2,1-2H3,(H,12,13). The minimum Gasteiger partial charge on any atom is -0.481 e. The van der Waals surface area contributed by atoms with Crippen LogP contribution in [0.4, 0.5) is 0 Å². The maximum atomic E-state index is 10.5. The average Bonchev–Trinajstić information content (AvgIpc) is 2.52. The molecule has 0 radical (unpaired) electrons. The highest BCUT2D eigenvalue weighted by Crippen LogP contribution is 2.04. The summed E-state index contributed by atoms with van der Waals surface area (Å²) in [6.45, 7) is 4.38. The van der Waals surface area contributed by atoms with E-state index in [1.54, 1.807) is 17.8 Å². The van der Waals surface area contributed by atoms with Gasteiger partial charge in [0.05, 0.1) is 11.6 Å². The lowest BCUT2D eigenvalue weighted by Gasteiger charge is -2.00. The smallest absolute Gasteiger partial charge is 0.306 e. The lowest BCUT2D eigenvalue weighted by atomic mass is 10.1. The Morgan fingerprint density at radius 1 is 1.77 bits per heavy atom. The first-order chi connectivity index (χ1) is 6.13. The van der Waals surface area contributed by atoms with Crippen LogP contribution >= 0.6 is 0 Å². The van der Waals surface area contributed by atoms with Gasteiger partial charge in [0.25, 0.3) is 0 Å². The zero-order valence-electron chi connectivity index (χ0n) is 7.77. The van der Waals surface area contributed by atoms with E-state index in [0.29, 0.717) is 6.42 Å². The van der Waals surface area contributed by atoms with Crippen LogP contribution in [0.3, 0.4) is 0 Å². The van der Waals surface area contributed by atoms with Crippen molar-refractivity contribution < 1.29 is 9.90 Å². The first-order valence-electron chi connectivity index (χ1n) is 4.25. The summed E-state index contributed by atoms with van der Waals surface area (Å²) in [6, 6.07) is 0. The topological polar surface area (TPSA) is 68.0 Å². The molecule has 0 saturated carbocycles. The summed E-state index contributed by atoms with van der Waals surface area (Å²) in [5.41, 5.74) is 0.733. The van der Waals surface area contributed by atoms with Crippen molar-refractivity contribution in [2.75, 3.05) is 0 Å². The van der Waals surface area contributed by atoms with Crippen LogP contribution in [-0.4, -0.2) is 26.1 Å². The molecule has 5 heteroatoms. The van der Waals surface area contributed by atoms with Gasteiger partial charge >= 0.3 is 5.97 Å². The van der Waals surface area contributed by atoms with E-state index < -0.39 is 11.9 Å². The normalized spacial score (nSPS) is 12.8. The van der Waals surface area contributed by atoms with Gasteiger partial charge in [-0.15, -0.1) is 5.10 Å². The molecule has 5 nitrogen and oxygen atoms in total. The first-order valence-corrected chi connectivity index (χ1v) is 4.25. The molecule has 0 aromatic carbocycles. The summed E-state index contributed by atoms with van der Waals surface area (Å²) in [7, 11) is 0. The summed E-state index contributed by atoms with van der Waals surface area (Å²) in [5, 5.41) is 16.3. The van der Waals surface area contributed by atoms with Crippen molar-refractivity contribution in [2.45, 2.75) is 26.8 Å². The van der Waals surface area contributed by atoms with Crippen LogP contribution in [0, 0.1) is 5.92 Å². The van der Waals surface area contributed by atoms with Gasteiger partial charge in [-0.1, -0.05) is 12.1 Å². The van der Waals surface area contributed by atoms with Crippen LogP contribution in [0.1, 0.15) is 19.5 Å². The number of carboxylic acids is 1. The molecule has 1 atom stereocenters. The molecule has 0 fully saturated rings. The minimum absolute atomic E-state index is 0.401. The monoisotopic (exact) mass is 183 g/mol. The third-order valence-electron chi connectivity index (χ3n) is 1.85. The Morgan fingerprint density at radius 3 is 2.92 bits per heavy atom. The van der Waals surface area contributed by atoms with Crippen molar-refractivity contribution >= 4 is 5.97 Å². The van der Waals surface area contributed by atoms with Gasteiger partial charge in [-0.05, 0) is 6.92 Å². The van der Waals surface area contributed by atoms with E-state index in [1.165, 1.54) is 0 Å². The molecule has 1 N–H and O–H groups in total. The van der Waals surface area contributed by atoms with Gasteiger partial charge in [-0.2, -0.15) is 0 Å². The Hall–Kier alpha value is -1.39. The second kappa shape index (κ2) is 4.02. The number of carboxylic acid groups (broad SMARTS) is 1. The van der Waals surface area contributed by atoms with Gasteiger partial charge in [0.1, 0.15) is 0 Å². The predicted molar refractivity (Wildman–Crippen MR) is 46.2 cm³/mol. The van der Waals surface area contributed by atoms with Gasteiger partial charge in [0.2, 0.25) is 0 Å². The Bertz CT molecular complexity index is 295. The summed E-state index contributed by atoms with van der Waals surface area (Å²) < 4.78 is 1.68. The van der Waals surface area contributed by atoms with Crippen molar-refractivity contribution in [2.24, 2.45) is 5.92 Å². The number of nitrogens with zero attached hydrogens (tertiary/aromatic N) is 3. The highest BCUT2D eigenvalue weighted by molar-refractivity contribution is 5.69. The van der Waals surface area contributed by atoms with E-state index in [-0.39, 0.29) is 0 Å². The molecule has 0 aliphatic heterocycles. The molecule has 0 saturated heterocycles. The lowest BCUT2D eigenvalue weighted by molar-refractivity contribution is -0.141. The molecule has 1 aromatic rings. The van der Waals surface area contributed by atoms with Crippen LogP contribution in [0.5, 0.6) is 0 Å². The average molecular weight is 183 g/mol. The molecule has 72 valence electrons. The van der Waals surface area contributed by atoms with E-state index in [9.17, 15) is 4.79 Å². The van der Waals surface area contributed by atoms with E-state index in [2.05, 4.69) is 10.3 Å². The number of aryl methyl sites for hydroxylation is 1. The highest BCUT2D eigenvalue weighted by Gasteiger charge is 2.13. The molecule has 0 spiro atoms. The van der Waals surface area contributed by atoms with Crippen molar-refractivity contribution in [1.29, 1.82) is 0 Å². The maximum absolute atomic E-state index is 10.5. The molecule has 1 rings (SSSR count). The zero-order chi connectivity index (χ0) is 9.84. The van der Waals surface area contributed by atoms with Crippen LogP contribution in [-0.2, 0) is 17.8 Å². The fraction of sp³-hybridized carbons (Fsp3) is 0.625. The molecule has 0 amide bonds. The number of hydrogen-bond acceptors (Lipinski definition) is 3. The lowest BCUT2D eigenvalue weighted by Crippen LogP contribution is -2.12. The zero-order valence-corrected chi connectivity index (χ0v) is 7.77. The second-order valence-electron chi connectivity index (χ2n) is 3.01. The highest BCUT2D eigenvalue weighted by atomic mass is 16.4. The van der Waals surface area contributed by atoms with Crippen LogP contribution in [0.15, 0.2) is 6.20 Å². The Morgan fingerprint density at radius 2 is 2.46 bits per heavy atom. The largest absolute Gasteiger partial charge is 0.481 e. The van der Waals surface area contributed by atoms with Crippen molar-refractivity contribution in [3.63, 3.8) is 0 Å². The molecule has 0 aliphatic carbocycles. The fourth-order valence-corrected chi connectivity index (χ4v) is 0.988. The molecule has 1 unspecified atom stereocenters. The molecule has 1 aromatic heterocycles. The van der Waals surface area contributed by atoms with Gasteiger partial charge in [-0.3, -0.25) is 9.48 Å². The van der Waals surface area contributed by atoms with E-state index in [4.69, 9.17) is 5.11 Å². The van der Waals surface area contributed by atoms with Crippen LogP contribution in [0.25, 0.3) is 0 Å². The van der Waals surface area contributed by atoms with Gasteiger partial charge in [-0.25, -0.2) is 0 Å². The molecular weight excluding hydrogens is 170 g/mol. The van der Waals surface area contributed by atoms with Crippen molar-refractivity contribution in [1.82, 2.24) is 15.0 Å². The third kappa shape index (κ3) is 2.54. The number of rotatable bonds is 4. The quantitative estimate of drug-likeness (QED) is 0.740. The number of carbonyl (C=O) groups is 1. The van der Waals surface area contributed by atoms with Gasteiger partial charge < -0.3 is 5.11 Å². The van der Waals surface area contributed by atoms with E-state index in [1.807, 2.05) is 6.92 Å². The summed E-state index contributed by atoms with van der Waals surface area (Å²) in [6.07, 6.45) is 2.22. The van der Waals surface area contributed by atoms with E-state index >= 15 is 0 Å². The maximum Gasteiger partial charge on any atom is 0.306 e. The number of hydrogen-bond donors (Lipinski definition) is 1. The predicted octanol–water partition coefficient (Wildman–Crippen LogP) is 0.561. The second-order valence-corrected chi connectivity index (χ2v) is 3.01. The number of aliphatic carboxylic acids is 1. The molecule has 13 heavy (non-hydrogen) atoms. The van der Waals surface area contributed by atoms with Crippen molar-refractivity contribution in [3.8, 4) is 0 Å². The fourth-order valence-electron chi connectivity index (χ4n) is 0.988. The molecular formula is C8H13N3O2. The van der Waals surface area contributed by atoms with E-state index in [0.717, 1.165) is 12.2 Å². The third-order valence-corrected chi connectivity index (χ3v) is 1.85. The summed E-state index contributed by atoms with van der Waals surface area (Å²) in [4.78, 5) is 10.5. The van der Waals surface area contributed by atoms with Crippen LogP contribution in [0.2, 0.25) is 0 Å². The van der Waals surface area contributed by atoms with Crippen LogP contribution < -0.4 is 0 Å².